The molecular weight excluding hydrogens is 276 g/mol. The number of para-hydroxylation sites is 1. The number of methoxy groups -OCH3 is 1. The molecule has 21 heavy (non-hydrogen) atoms. The number of hydrogen-bond acceptors (Lipinski definition) is 2. The Morgan fingerprint density at radius 3 is 2.00 bits per heavy atom. The van der Waals surface area contributed by atoms with Crippen LogP contribution in [0.2, 0.25) is 0 Å². The van der Waals surface area contributed by atoms with Crippen LogP contribution < -0.4 is 4.74 Å². The molecule has 0 aliphatic rings. The molecule has 3 aromatic carbocycles. The van der Waals surface area contributed by atoms with Crippen molar-refractivity contribution in [2.24, 2.45) is 0 Å². The van der Waals surface area contributed by atoms with Crippen molar-refractivity contribution in [2.45, 2.75) is 9.79 Å². The molecule has 3 rings (SSSR count). The van der Waals surface area contributed by atoms with E-state index in [0.717, 1.165) is 10.6 Å². The van der Waals surface area contributed by atoms with Crippen LogP contribution in [0, 0.1) is 0 Å². The largest absolute Gasteiger partial charge is 0.496 e. The van der Waals surface area contributed by atoms with E-state index in [4.69, 9.17) is 4.74 Å². The Bertz CT molecular complexity index is 705. The molecule has 1 nitrogen and oxygen atoms in total. The van der Waals surface area contributed by atoms with Crippen molar-refractivity contribution < 1.29 is 4.74 Å². The third kappa shape index (κ3) is 3.29. The van der Waals surface area contributed by atoms with Crippen molar-refractivity contribution >= 4 is 11.8 Å². The molecule has 0 amide bonds. The molecule has 0 N–H and O–H groups in total. The fourth-order valence-corrected chi connectivity index (χ4v) is 3.10. The van der Waals surface area contributed by atoms with E-state index in [9.17, 15) is 0 Å². The minimum atomic E-state index is 0.912. The maximum absolute atomic E-state index is 5.39. The lowest BCUT2D eigenvalue weighted by atomic mass is 10.1. The maximum Gasteiger partial charge on any atom is 0.132 e. The second-order valence-electron chi connectivity index (χ2n) is 4.64. The third-order valence-electron chi connectivity index (χ3n) is 3.26. The molecule has 0 aliphatic carbocycles. The lowest BCUT2D eigenvalue weighted by molar-refractivity contribution is 0.405. The van der Waals surface area contributed by atoms with Gasteiger partial charge in [-0.05, 0) is 35.4 Å². The van der Waals surface area contributed by atoms with Gasteiger partial charge >= 0.3 is 0 Å². The Labute approximate surface area is 129 Å². The molecule has 2 heteroatoms. The van der Waals surface area contributed by atoms with Crippen molar-refractivity contribution in [3.05, 3.63) is 78.9 Å². The molecule has 0 atom stereocenters. The monoisotopic (exact) mass is 292 g/mol. The van der Waals surface area contributed by atoms with E-state index in [-0.39, 0.29) is 0 Å². The van der Waals surface area contributed by atoms with Gasteiger partial charge in [-0.3, -0.25) is 0 Å². The van der Waals surface area contributed by atoms with Crippen molar-refractivity contribution in [3.63, 3.8) is 0 Å². The Hall–Kier alpha value is -2.19. The second kappa shape index (κ2) is 6.51. The van der Waals surface area contributed by atoms with Gasteiger partial charge in [0.1, 0.15) is 5.75 Å². The van der Waals surface area contributed by atoms with Crippen LogP contribution in [0.3, 0.4) is 0 Å². The van der Waals surface area contributed by atoms with Gasteiger partial charge in [-0.2, -0.15) is 0 Å². The highest BCUT2D eigenvalue weighted by molar-refractivity contribution is 7.99. The highest BCUT2D eigenvalue weighted by atomic mass is 32.2. The molecule has 0 aromatic heterocycles. The maximum atomic E-state index is 5.39. The summed E-state index contributed by atoms with van der Waals surface area (Å²) in [4.78, 5) is 2.34. The van der Waals surface area contributed by atoms with Gasteiger partial charge in [-0.25, -0.2) is 0 Å². The van der Waals surface area contributed by atoms with Crippen LogP contribution in [0.1, 0.15) is 0 Å². The normalized spacial score (nSPS) is 10.3. The summed E-state index contributed by atoms with van der Waals surface area (Å²) in [6, 6.07) is 27.1. The number of rotatable bonds is 4. The van der Waals surface area contributed by atoms with Crippen molar-refractivity contribution in [3.8, 4) is 16.9 Å². The highest BCUT2D eigenvalue weighted by Gasteiger charge is 2.04. The summed E-state index contributed by atoms with van der Waals surface area (Å²) in [5.41, 5.74) is 2.48. The minimum absolute atomic E-state index is 0.912. The van der Waals surface area contributed by atoms with Crippen molar-refractivity contribution in [2.75, 3.05) is 7.11 Å². The van der Waals surface area contributed by atoms with Crippen LogP contribution in [0.25, 0.3) is 11.1 Å². The molecule has 3 aromatic rings. The van der Waals surface area contributed by atoms with E-state index in [0.29, 0.717) is 0 Å². The van der Waals surface area contributed by atoms with Gasteiger partial charge in [0, 0.05) is 4.90 Å². The van der Waals surface area contributed by atoms with E-state index in [1.54, 1.807) is 18.9 Å². The fourth-order valence-electron chi connectivity index (χ4n) is 2.18. The predicted molar refractivity (Wildman–Crippen MR) is 89.0 cm³/mol. The smallest absolute Gasteiger partial charge is 0.132 e. The van der Waals surface area contributed by atoms with Gasteiger partial charge in [-0.15, -0.1) is 0 Å². The summed E-state index contributed by atoms with van der Waals surface area (Å²) >= 11 is 1.72. The average Bonchev–Trinajstić information content (AvgIpc) is 2.57. The Morgan fingerprint density at radius 1 is 0.667 bits per heavy atom. The summed E-state index contributed by atoms with van der Waals surface area (Å²) in [6.45, 7) is 0. The van der Waals surface area contributed by atoms with Gasteiger partial charge in [0.15, 0.2) is 0 Å². The first kappa shape index (κ1) is 13.8. The SMILES string of the molecule is COc1ccccc1Sc1ccc(-c2ccccc2)cc1. The van der Waals surface area contributed by atoms with Crippen molar-refractivity contribution in [1.29, 1.82) is 0 Å². The molecule has 0 bridgehead atoms. The zero-order chi connectivity index (χ0) is 14.5. The number of ether oxygens (including phenoxy) is 1. The van der Waals surface area contributed by atoms with Crippen LogP contribution in [0.15, 0.2) is 88.7 Å². The molecule has 0 aliphatic heterocycles. The summed E-state index contributed by atoms with van der Waals surface area (Å²) in [7, 11) is 1.71. The summed E-state index contributed by atoms with van der Waals surface area (Å²) in [5, 5.41) is 0. The Morgan fingerprint density at radius 2 is 1.29 bits per heavy atom. The molecule has 0 saturated heterocycles. The average molecular weight is 292 g/mol. The van der Waals surface area contributed by atoms with Crippen molar-refractivity contribution in [1.82, 2.24) is 0 Å². The summed E-state index contributed by atoms with van der Waals surface area (Å²) in [5.74, 6) is 0.912. The first-order valence-electron chi connectivity index (χ1n) is 6.83. The molecule has 0 saturated carbocycles. The van der Waals surface area contributed by atoms with Crippen LogP contribution in [0.4, 0.5) is 0 Å². The van der Waals surface area contributed by atoms with Gasteiger partial charge in [0.2, 0.25) is 0 Å². The Kier molecular flexibility index (Phi) is 4.27. The molecule has 104 valence electrons. The van der Waals surface area contributed by atoms with E-state index in [2.05, 4.69) is 54.6 Å². The van der Waals surface area contributed by atoms with Gasteiger partial charge < -0.3 is 4.74 Å². The topological polar surface area (TPSA) is 9.23 Å². The van der Waals surface area contributed by atoms with Crippen LogP contribution in [-0.4, -0.2) is 7.11 Å². The van der Waals surface area contributed by atoms with Gasteiger partial charge in [0.25, 0.3) is 0 Å². The molecule has 0 unspecified atom stereocenters. The fraction of sp³-hybridized carbons (Fsp3) is 0.0526. The number of hydrogen-bond donors (Lipinski definition) is 0. The zero-order valence-electron chi connectivity index (χ0n) is 11.8. The quantitative estimate of drug-likeness (QED) is 0.626. The predicted octanol–water partition coefficient (Wildman–Crippen LogP) is 5.51. The van der Waals surface area contributed by atoms with Crippen LogP contribution in [-0.2, 0) is 0 Å². The van der Waals surface area contributed by atoms with Crippen LogP contribution >= 0.6 is 11.8 Å². The minimum Gasteiger partial charge on any atom is -0.496 e. The summed E-state index contributed by atoms with van der Waals surface area (Å²) in [6.07, 6.45) is 0. The first-order chi connectivity index (χ1) is 10.4. The molecular formula is C19H16OS. The van der Waals surface area contributed by atoms with E-state index >= 15 is 0 Å². The number of benzene rings is 3. The Balaban J connectivity index is 1.82. The third-order valence-corrected chi connectivity index (χ3v) is 4.32. The lowest BCUT2D eigenvalue weighted by Crippen LogP contribution is -1.85. The standard InChI is InChI=1S/C19H16OS/c1-20-18-9-5-6-10-19(18)21-17-13-11-16(12-14-17)15-7-3-2-4-8-15/h2-14H,1H3. The second-order valence-corrected chi connectivity index (χ2v) is 5.76. The van der Waals surface area contributed by atoms with Crippen LogP contribution in [0.5, 0.6) is 5.75 Å². The van der Waals surface area contributed by atoms with E-state index in [1.165, 1.54) is 16.0 Å². The lowest BCUT2D eigenvalue weighted by Gasteiger charge is -2.08. The molecule has 0 fully saturated rings. The molecule has 0 spiro atoms. The van der Waals surface area contributed by atoms with E-state index in [1.807, 2.05) is 24.3 Å². The zero-order valence-corrected chi connectivity index (χ0v) is 12.6. The molecule has 0 heterocycles. The van der Waals surface area contributed by atoms with E-state index < -0.39 is 0 Å². The first-order valence-corrected chi connectivity index (χ1v) is 7.65. The summed E-state index contributed by atoms with van der Waals surface area (Å²) < 4.78 is 5.39. The van der Waals surface area contributed by atoms with Gasteiger partial charge in [0.05, 0.1) is 12.0 Å². The molecule has 0 radical (unpaired) electrons. The van der Waals surface area contributed by atoms with Gasteiger partial charge in [-0.1, -0.05) is 66.4 Å². The highest BCUT2D eigenvalue weighted by Crippen LogP contribution is 2.35.